The number of alkyl halides is 2. The van der Waals surface area contributed by atoms with Crippen LogP contribution >= 0.6 is 0 Å². The number of aliphatic hydroxyl groups excluding tert-OH is 1. The molecule has 1 amide bonds. The summed E-state index contributed by atoms with van der Waals surface area (Å²) in [5.41, 5.74) is 2.04. The van der Waals surface area contributed by atoms with Crippen LogP contribution in [0.1, 0.15) is 72.6 Å². The van der Waals surface area contributed by atoms with Crippen LogP contribution in [0.25, 0.3) is 10.9 Å². The summed E-state index contributed by atoms with van der Waals surface area (Å²) in [5.74, 6) is -2.49. The number of halogens is 3. The van der Waals surface area contributed by atoms with Crippen LogP contribution in [0.15, 0.2) is 24.3 Å². The minimum atomic E-state index is -3.69. The normalized spacial score (nSPS) is 19.7. The minimum absolute atomic E-state index is 0.0219. The predicted octanol–water partition coefficient (Wildman–Crippen LogP) is 5.63. The molecule has 2 heterocycles. The number of carbonyl (C=O) groups excluding carboxylic acids is 1. The Morgan fingerprint density at radius 2 is 1.95 bits per heavy atom. The second-order valence-electron chi connectivity index (χ2n) is 11.1. The van der Waals surface area contributed by atoms with E-state index in [4.69, 9.17) is 14.8 Å². The Morgan fingerprint density at radius 1 is 1.23 bits per heavy atom. The van der Waals surface area contributed by atoms with Crippen molar-refractivity contribution in [3.63, 3.8) is 0 Å². The minimum Gasteiger partial charge on any atom is -0.493 e. The number of aromatic nitrogens is 2. The average molecular weight is 557 g/mol. The van der Waals surface area contributed by atoms with Gasteiger partial charge in [-0.2, -0.15) is 8.78 Å². The maximum Gasteiger partial charge on any atom is 0.298 e. The van der Waals surface area contributed by atoms with Gasteiger partial charge in [0.05, 0.1) is 23.7 Å². The number of carbonyl (C=O) groups is 1. The van der Waals surface area contributed by atoms with Gasteiger partial charge < -0.3 is 20.1 Å². The quantitative estimate of drug-likeness (QED) is 0.392. The number of amides is 1. The first-order chi connectivity index (χ1) is 19.0. The molecule has 1 aromatic heterocycles. The van der Waals surface area contributed by atoms with E-state index in [-0.39, 0.29) is 23.3 Å². The van der Waals surface area contributed by atoms with Gasteiger partial charge in [-0.25, -0.2) is 14.4 Å². The number of ether oxygens (including phenoxy) is 1. The molecule has 10 heteroatoms. The SMILES string of the molecule is Cc1nc(N[C@H](C)c2cccc(C(F)(F)CO)c2F)c2cc([C@H]3CC[C@@H](C(=O)N(C)C)CC3)c3c(c2n1)CCO3. The van der Waals surface area contributed by atoms with Crippen LogP contribution in [-0.4, -0.2) is 53.2 Å². The Bertz CT molecular complexity index is 1440. The molecule has 3 aromatic rings. The molecule has 1 aliphatic carbocycles. The average Bonchev–Trinajstić information content (AvgIpc) is 3.43. The summed E-state index contributed by atoms with van der Waals surface area (Å²) in [6.45, 7) is 2.53. The summed E-state index contributed by atoms with van der Waals surface area (Å²) in [6.07, 6.45) is 4.01. The van der Waals surface area contributed by atoms with Gasteiger partial charge in [0, 0.05) is 42.9 Å². The summed E-state index contributed by atoms with van der Waals surface area (Å²) in [6, 6.07) is 5.14. The van der Waals surface area contributed by atoms with Crippen molar-refractivity contribution in [2.24, 2.45) is 5.92 Å². The molecule has 1 fully saturated rings. The fourth-order valence-electron chi connectivity index (χ4n) is 6.07. The molecule has 214 valence electrons. The molecule has 0 bridgehead atoms. The second-order valence-corrected chi connectivity index (χ2v) is 11.1. The first kappa shape index (κ1) is 28.1. The number of benzene rings is 2. The van der Waals surface area contributed by atoms with Gasteiger partial charge in [-0.1, -0.05) is 12.1 Å². The number of aryl methyl sites for hydroxylation is 1. The Balaban J connectivity index is 1.51. The summed E-state index contributed by atoms with van der Waals surface area (Å²) in [7, 11) is 3.58. The van der Waals surface area contributed by atoms with E-state index in [9.17, 15) is 13.6 Å². The van der Waals surface area contributed by atoms with Crippen molar-refractivity contribution in [2.75, 3.05) is 32.6 Å². The molecule has 2 aliphatic rings. The van der Waals surface area contributed by atoms with E-state index in [0.29, 0.717) is 24.7 Å². The lowest BCUT2D eigenvalue weighted by atomic mass is 9.77. The van der Waals surface area contributed by atoms with Crippen molar-refractivity contribution in [3.8, 4) is 5.75 Å². The fraction of sp³-hybridized carbons (Fsp3) is 0.500. The highest BCUT2D eigenvalue weighted by atomic mass is 19.3. The van der Waals surface area contributed by atoms with E-state index < -0.39 is 30.0 Å². The Labute approximate surface area is 231 Å². The zero-order chi connectivity index (χ0) is 28.8. The summed E-state index contributed by atoms with van der Waals surface area (Å²) in [5, 5.41) is 13.1. The molecule has 0 saturated heterocycles. The lowest BCUT2D eigenvalue weighted by Gasteiger charge is -2.30. The molecule has 5 rings (SSSR count). The maximum absolute atomic E-state index is 15.2. The Hall–Kier alpha value is -3.40. The van der Waals surface area contributed by atoms with E-state index in [0.717, 1.165) is 59.5 Å². The van der Waals surface area contributed by atoms with Crippen molar-refractivity contribution in [2.45, 2.75) is 63.8 Å². The van der Waals surface area contributed by atoms with Crippen LogP contribution in [0.2, 0.25) is 0 Å². The van der Waals surface area contributed by atoms with Crippen molar-refractivity contribution in [3.05, 3.63) is 58.2 Å². The first-order valence-electron chi connectivity index (χ1n) is 13.7. The first-order valence-corrected chi connectivity index (χ1v) is 13.7. The molecule has 0 unspecified atom stereocenters. The molecular weight excluding hydrogens is 521 g/mol. The molecule has 1 saturated carbocycles. The zero-order valence-corrected chi connectivity index (χ0v) is 23.2. The summed E-state index contributed by atoms with van der Waals surface area (Å²) < 4.78 is 49.7. The monoisotopic (exact) mass is 556 g/mol. The highest BCUT2D eigenvalue weighted by Crippen LogP contribution is 2.46. The largest absolute Gasteiger partial charge is 0.493 e. The molecule has 2 N–H and O–H groups in total. The second kappa shape index (κ2) is 10.9. The molecule has 0 spiro atoms. The van der Waals surface area contributed by atoms with Crippen LogP contribution in [-0.2, 0) is 17.1 Å². The molecule has 1 aliphatic heterocycles. The van der Waals surface area contributed by atoms with Gasteiger partial charge in [0.2, 0.25) is 5.91 Å². The van der Waals surface area contributed by atoms with Crippen molar-refractivity contribution < 1.29 is 27.8 Å². The molecule has 1 atom stereocenters. The molecule has 7 nitrogen and oxygen atoms in total. The standard InChI is InChI=1S/C30H35F3N4O3/c1-16(20-6-5-7-24(25(20)31)30(32,33)15-38)34-28-23-14-22(18-8-10-19(11-9-18)29(39)37(3)4)27-21(12-13-40-27)26(23)35-17(2)36-28/h5-7,14,16,18-19,38H,8-13,15H2,1-4H3,(H,34,35,36)/t16-,18-,19+/m1/s1. The van der Waals surface area contributed by atoms with Gasteiger partial charge in [-0.05, 0) is 63.1 Å². The van der Waals surface area contributed by atoms with Crippen LogP contribution in [0.4, 0.5) is 19.0 Å². The third-order valence-corrected chi connectivity index (χ3v) is 8.18. The van der Waals surface area contributed by atoms with E-state index >= 15 is 4.39 Å². The van der Waals surface area contributed by atoms with Crippen LogP contribution in [0.3, 0.4) is 0 Å². The Kier molecular flexibility index (Phi) is 7.65. The van der Waals surface area contributed by atoms with Gasteiger partial charge in [0.15, 0.2) is 0 Å². The fourth-order valence-corrected chi connectivity index (χ4v) is 6.07. The zero-order valence-electron chi connectivity index (χ0n) is 23.2. The molecular formula is C30H35F3N4O3. The number of nitrogens with zero attached hydrogens (tertiary/aromatic N) is 3. The highest BCUT2D eigenvalue weighted by Gasteiger charge is 2.36. The third kappa shape index (κ3) is 5.09. The van der Waals surface area contributed by atoms with Gasteiger partial charge in [-0.15, -0.1) is 0 Å². The number of rotatable bonds is 7. The summed E-state index contributed by atoms with van der Waals surface area (Å²) in [4.78, 5) is 23.5. The van der Waals surface area contributed by atoms with Crippen molar-refractivity contribution >= 4 is 22.6 Å². The lowest BCUT2D eigenvalue weighted by molar-refractivity contribution is -0.134. The van der Waals surface area contributed by atoms with E-state index in [1.165, 1.54) is 12.1 Å². The predicted molar refractivity (Wildman–Crippen MR) is 146 cm³/mol. The number of aliphatic hydroxyl groups is 1. The van der Waals surface area contributed by atoms with Gasteiger partial charge in [0.25, 0.3) is 5.92 Å². The number of hydrogen-bond donors (Lipinski definition) is 2. The van der Waals surface area contributed by atoms with E-state index in [2.05, 4.69) is 10.3 Å². The van der Waals surface area contributed by atoms with Crippen LogP contribution in [0.5, 0.6) is 5.75 Å². The molecule has 40 heavy (non-hydrogen) atoms. The summed E-state index contributed by atoms with van der Waals surface area (Å²) >= 11 is 0. The smallest absolute Gasteiger partial charge is 0.298 e. The van der Waals surface area contributed by atoms with Crippen molar-refractivity contribution in [1.82, 2.24) is 14.9 Å². The van der Waals surface area contributed by atoms with E-state index in [1.54, 1.807) is 32.8 Å². The molecule has 2 aromatic carbocycles. The topological polar surface area (TPSA) is 87.6 Å². The van der Waals surface area contributed by atoms with Gasteiger partial charge >= 0.3 is 0 Å². The number of hydrogen-bond acceptors (Lipinski definition) is 6. The number of anilines is 1. The van der Waals surface area contributed by atoms with Gasteiger partial charge in [-0.3, -0.25) is 4.79 Å². The van der Waals surface area contributed by atoms with E-state index in [1.807, 2.05) is 6.07 Å². The number of fused-ring (bicyclic) bond motifs is 3. The maximum atomic E-state index is 15.2. The van der Waals surface area contributed by atoms with Gasteiger partial charge in [0.1, 0.15) is 29.8 Å². The van der Waals surface area contributed by atoms with Crippen LogP contribution in [0, 0.1) is 18.7 Å². The molecule has 0 radical (unpaired) electrons. The lowest BCUT2D eigenvalue weighted by Crippen LogP contribution is -2.32. The number of nitrogens with one attached hydrogen (secondary N) is 1. The van der Waals surface area contributed by atoms with Crippen molar-refractivity contribution in [1.29, 1.82) is 0 Å². The van der Waals surface area contributed by atoms with Crippen LogP contribution < -0.4 is 10.1 Å². The Morgan fingerprint density at radius 3 is 2.62 bits per heavy atom. The highest BCUT2D eigenvalue weighted by molar-refractivity contribution is 5.94. The third-order valence-electron chi connectivity index (χ3n) is 8.18.